The zero-order valence-corrected chi connectivity index (χ0v) is 13.8. The number of anilines is 1. The number of nitrogens with two attached hydrogens (primary N) is 1. The Balaban J connectivity index is 2.48. The van der Waals surface area contributed by atoms with Crippen LogP contribution < -0.4 is 11.3 Å². The minimum atomic E-state index is -3.46. The number of aryl methyl sites for hydroxylation is 2. The minimum Gasteiger partial charge on any atom is -0.324 e. The van der Waals surface area contributed by atoms with Crippen molar-refractivity contribution in [2.75, 3.05) is 12.0 Å². The lowest BCUT2D eigenvalue weighted by Gasteiger charge is -2.28. The zero-order chi connectivity index (χ0) is 15.6. The van der Waals surface area contributed by atoms with Gasteiger partial charge in [-0.15, -0.1) is 0 Å². The van der Waals surface area contributed by atoms with Crippen molar-refractivity contribution >= 4 is 15.7 Å². The molecular weight excluding hydrogens is 286 g/mol. The SMILES string of the molecule is Cc1cc(NN)cc(C)c1S(=O)(=O)N1CCCCCC1C. The van der Waals surface area contributed by atoms with Crippen molar-refractivity contribution < 1.29 is 8.42 Å². The lowest BCUT2D eigenvalue weighted by molar-refractivity contribution is 0.341. The van der Waals surface area contributed by atoms with Gasteiger partial charge in [-0.05, 0) is 56.9 Å². The summed E-state index contributed by atoms with van der Waals surface area (Å²) in [4.78, 5) is 0.426. The Bertz CT molecular complexity index is 590. The Morgan fingerprint density at radius 1 is 1.19 bits per heavy atom. The van der Waals surface area contributed by atoms with Crippen molar-refractivity contribution in [2.24, 2.45) is 5.84 Å². The minimum absolute atomic E-state index is 0.0589. The highest BCUT2D eigenvalue weighted by atomic mass is 32.2. The Morgan fingerprint density at radius 3 is 2.38 bits per heavy atom. The van der Waals surface area contributed by atoms with Crippen molar-refractivity contribution in [1.82, 2.24) is 4.31 Å². The molecule has 6 heteroatoms. The van der Waals surface area contributed by atoms with Gasteiger partial charge in [0.05, 0.1) is 4.90 Å². The maximum absolute atomic E-state index is 13.1. The molecule has 3 N–H and O–H groups in total. The van der Waals surface area contributed by atoms with Crippen LogP contribution in [0.3, 0.4) is 0 Å². The fraction of sp³-hybridized carbons (Fsp3) is 0.600. The molecule has 0 aliphatic carbocycles. The summed E-state index contributed by atoms with van der Waals surface area (Å²) in [5, 5.41) is 0. The number of hydrogen-bond donors (Lipinski definition) is 2. The maximum atomic E-state index is 13.1. The summed E-state index contributed by atoms with van der Waals surface area (Å²) in [7, 11) is -3.46. The second kappa shape index (κ2) is 6.34. The normalized spacial score (nSPS) is 21.0. The summed E-state index contributed by atoms with van der Waals surface area (Å²) in [6.45, 7) is 6.26. The largest absolute Gasteiger partial charge is 0.324 e. The van der Waals surface area contributed by atoms with E-state index in [4.69, 9.17) is 5.84 Å². The first-order valence-corrected chi connectivity index (χ1v) is 8.91. The quantitative estimate of drug-likeness (QED) is 0.664. The Labute approximate surface area is 127 Å². The molecule has 0 saturated carbocycles. The van der Waals surface area contributed by atoms with Crippen LogP contribution in [0.4, 0.5) is 5.69 Å². The molecule has 118 valence electrons. The molecular formula is C15H25N3O2S. The average Bonchev–Trinajstić information content (AvgIpc) is 2.62. The van der Waals surface area contributed by atoms with E-state index in [1.54, 1.807) is 16.4 Å². The fourth-order valence-electron chi connectivity index (χ4n) is 3.16. The molecule has 1 unspecified atom stereocenters. The van der Waals surface area contributed by atoms with Gasteiger partial charge in [0, 0.05) is 18.3 Å². The lowest BCUT2D eigenvalue weighted by Crippen LogP contribution is -2.38. The molecule has 1 aliphatic heterocycles. The van der Waals surface area contributed by atoms with E-state index in [1.807, 2.05) is 20.8 Å². The van der Waals surface area contributed by atoms with Gasteiger partial charge < -0.3 is 5.43 Å². The smallest absolute Gasteiger partial charge is 0.243 e. The van der Waals surface area contributed by atoms with E-state index in [0.717, 1.165) is 42.5 Å². The number of sulfonamides is 1. The highest BCUT2D eigenvalue weighted by Crippen LogP contribution is 2.30. The predicted octanol–water partition coefficient (Wildman–Crippen LogP) is 2.54. The highest BCUT2D eigenvalue weighted by Gasteiger charge is 2.32. The van der Waals surface area contributed by atoms with Crippen LogP contribution in [0.25, 0.3) is 0 Å². The molecule has 2 rings (SSSR count). The Hall–Kier alpha value is -1.11. The van der Waals surface area contributed by atoms with Crippen LogP contribution in [-0.2, 0) is 10.0 Å². The van der Waals surface area contributed by atoms with E-state index >= 15 is 0 Å². The number of nitrogen functional groups attached to an aromatic ring is 1. The van der Waals surface area contributed by atoms with Gasteiger partial charge in [0.1, 0.15) is 0 Å². The molecule has 1 atom stereocenters. The number of nitrogens with zero attached hydrogens (tertiary/aromatic N) is 1. The Morgan fingerprint density at radius 2 is 1.81 bits per heavy atom. The predicted molar refractivity (Wildman–Crippen MR) is 85.5 cm³/mol. The third-order valence-electron chi connectivity index (χ3n) is 4.19. The first kappa shape index (κ1) is 16.3. The van der Waals surface area contributed by atoms with Crippen LogP contribution in [0.5, 0.6) is 0 Å². The summed E-state index contributed by atoms with van der Waals surface area (Å²) < 4.78 is 27.8. The lowest BCUT2D eigenvalue weighted by atomic mass is 10.1. The fourth-order valence-corrected chi connectivity index (χ4v) is 5.28. The third kappa shape index (κ3) is 3.22. The number of nitrogens with one attached hydrogen (secondary N) is 1. The summed E-state index contributed by atoms with van der Waals surface area (Å²) in [6, 6.07) is 3.62. The summed E-state index contributed by atoms with van der Waals surface area (Å²) >= 11 is 0. The molecule has 1 fully saturated rings. The zero-order valence-electron chi connectivity index (χ0n) is 13.0. The monoisotopic (exact) mass is 311 g/mol. The van der Waals surface area contributed by atoms with Gasteiger partial charge in [0.25, 0.3) is 0 Å². The first-order valence-electron chi connectivity index (χ1n) is 7.47. The topological polar surface area (TPSA) is 75.4 Å². The van der Waals surface area contributed by atoms with Gasteiger partial charge in [-0.3, -0.25) is 5.84 Å². The molecule has 1 heterocycles. The summed E-state index contributed by atoms with van der Waals surface area (Å²) in [6.07, 6.45) is 4.06. The van der Waals surface area contributed by atoms with Crippen molar-refractivity contribution in [2.45, 2.75) is 57.4 Å². The standard InChI is InChI=1S/C15H25N3O2S/c1-11-9-14(17-16)10-12(2)15(11)21(19,20)18-8-6-4-5-7-13(18)3/h9-10,13,17H,4-8,16H2,1-3H3. The van der Waals surface area contributed by atoms with Crippen LogP contribution in [0.15, 0.2) is 17.0 Å². The first-order chi connectivity index (χ1) is 9.87. The van der Waals surface area contributed by atoms with Gasteiger partial charge in [0.15, 0.2) is 0 Å². The van der Waals surface area contributed by atoms with Gasteiger partial charge in [-0.25, -0.2) is 8.42 Å². The van der Waals surface area contributed by atoms with Gasteiger partial charge >= 0.3 is 0 Å². The van der Waals surface area contributed by atoms with Crippen molar-refractivity contribution in [3.8, 4) is 0 Å². The van der Waals surface area contributed by atoms with Gasteiger partial charge in [-0.2, -0.15) is 4.31 Å². The average molecular weight is 311 g/mol. The van der Waals surface area contributed by atoms with E-state index in [2.05, 4.69) is 5.43 Å². The van der Waals surface area contributed by atoms with E-state index in [1.165, 1.54) is 0 Å². The number of hydrazine groups is 1. The van der Waals surface area contributed by atoms with E-state index in [-0.39, 0.29) is 6.04 Å². The number of rotatable bonds is 3. The molecule has 1 saturated heterocycles. The molecule has 0 bridgehead atoms. The molecule has 0 spiro atoms. The molecule has 1 aliphatic rings. The molecule has 0 radical (unpaired) electrons. The third-order valence-corrected chi connectivity index (χ3v) is 6.51. The van der Waals surface area contributed by atoms with Crippen LogP contribution in [0.2, 0.25) is 0 Å². The second-order valence-electron chi connectivity index (χ2n) is 5.90. The van der Waals surface area contributed by atoms with E-state index < -0.39 is 10.0 Å². The molecule has 1 aromatic rings. The Kier molecular flexibility index (Phi) is 4.91. The van der Waals surface area contributed by atoms with Gasteiger partial charge in [-0.1, -0.05) is 12.8 Å². The van der Waals surface area contributed by atoms with Crippen molar-refractivity contribution in [3.63, 3.8) is 0 Å². The van der Waals surface area contributed by atoms with Crippen molar-refractivity contribution in [3.05, 3.63) is 23.3 Å². The molecule has 0 amide bonds. The van der Waals surface area contributed by atoms with Crippen LogP contribution >= 0.6 is 0 Å². The van der Waals surface area contributed by atoms with E-state index in [9.17, 15) is 8.42 Å². The molecule has 5 nitrogen and oxygen atoms in total. The second-order valence-corrected chi connectivity index (χ2v) is 7.73. The summed E-state index contributed by atoms with van der Waals surface area (Å²) in [5.41, 5.74) is 4.78. The number of benzene rings is 1. The molecule has 21 heavy (non-hydrogen) atoms. The van der Waals surface area contributed by atoms with Crippen molar-refractivity contribution in [1.29, 1.82) is 0 Å². The maximum Gasteiger partial charge on any atom is 0.243 e. The highest BCUT2D eigenvalue weighted by molar-refractivity contribution is 7.89. The van der Waals surface area contributed by atoms with Crippen LogP contribution in [0, 0.1) is 13.8 Å². The van der Waals surface area contributed by atoms with E-state index in [0.29, 0.717) is 11.4 Å². The van der Waals surface area contributed by atoms with Gasteiger partial charge in [0.2, 0.25) is 10.0 Å². The number of hydrogen-bond acceptors (Lipinski definition) is 4. The molecule has 1 aromatic carbocycles. The molecule has 0 aromatic heterocycles. The van der Waals surface area contributed by atoms with Crippen LogP contribution in [0.1, 0.15) is 43.7 Å². The van der Waals surface area contributed by atoms with Crippen LogP contribution in [-0.4, -0.2) is 25.3 Å². The summed E-state index contributed by atoms with van der Waals surface area (Å²) in [5.74, 6) is 5.42.